The van der Waals surface area contributed by atoms with E-state index in [1.807, 2.05) is 19.1 Å². The summed E-state index contributed by atoms with van der Waals surface area (Å²) in [6, 6.07) is 7.30. The van der Waals surface area contributed by atoms with Gasteiger partial charge in [0, 0.05) is 22.2 Å². The first kappa shape index (κ1) is 14.1. The number of nitrogens with zero attached hydrogens (tertiary/aromatic N) is 1. The van der Waals surface area contributed by atoms with Crippen LogP contribution in [-0.2, 0) is 10.5 Å². The van der Waals surface area contributed by atoms with Gasteiger partial charge in [-0.25, -0.2) is 5.01 Å². The van der Waals surface area contributed by atoms with Crippen LogP contribution >= 0.6 is 15.9 Å². The fourth-order valence-electron chi connectivity index (χ4n) is 2.07. The smallest absolute Gasteiger partial charge is 0.243 e. The quantitative estimate of drug-likeness (QED) is 0.898. The van der Waals surface area contributed by atoms with E-state index in [2.05, 4.69) is 21.4 Å². The molecule has 1 aliphatic rings. The van der Waals surface area contributed by atoms with Crippen LogP contribution in [-0.4, -0.2) is 16.0 Å². The Hall–Kier alpha value is -1.33. The molecule has 4 nitrogen and oxygen atoms in total. The number of amides is 1. The highest BCUT2D eigenvalue weighted by Gasteiger charge is 2.42. The normalized spacial score (nSPS) is 22.1. The lowest BCUT2D eigenvalue weighted by Gasteiger charge is -2.32. The van der Waals surface area contributed by atoms with Crippen molar-refractivity contribution in [3.05, 3.63) is 46.1 Å². The van der Waals surface area contributed by atoms with E-state index in [1.54, 1.807) is 25.1 Å². The summed E-state index contributed by atoms with van der Waals surface area (Å²) < 4.78 is 0.930. The average molecular weight is 325 g/mol. The van der Waals surface area contributed by atoms with Crippen LogP contribution in [0.25, 0.3) is 0 Å². The first-order valence-corrected chi connectivity index (χ1v) is 7.10. The molecule has 102 valence electrons. The number of nitrogens with one attached hydrogen (secondary N) is 1. The Morgan fingerprint density at radius 3 is 2.53 bits per heavy atom. The Morgan fingerprint density at radius 2 is 2.00 bits per heavy atom. The molecule has 0 spiro atoms. The minimum atomic E-state index is -1.42. The molecule has 1 unspecified atom stereocenters. The SMILES string of the molecule is CCC(=O)N1NC(CC)=CC1(O)c1ccc(Br)cc1. The zero-order valence-electron chi connectivity index (χ0n) is 11.0. The second kappa shape index (κ2) is 5.35. The van der Waals surface area contributed by atoms with E-state index in [0.717, 1.165) is 16.6 Å². The lowest BCUT2D eigenvalue weighted by molar-refractivity contribution is -0.155. The summed E-state index contributed by atoms with van der Waals surface area (Å²) in [5.74, 6) is -0.148. The summed E-state index contributed by atoms with van der Waals surface area (Å²) in [5.41, 5.74) is 3.06. The first-order chi connectivity index (χ1) is 9.01. The number of aliphatic hydroxyl groups is 1. The number of hydrogen-bond donors (Lipinski definition) is 2. The van der Waals surface area contributed by atoms with E-state index in [9.17, 15) is 9.90 Å². The zero-order chi connectivity index (χ0) is 14.0. The molecule has 2 N–H and O–H groups in total. The Balaban J connectivity index is 2.43. The molecular formula is C14H17BrN2O2. The summed E-state index contributed by atoms with van der Waals surface area (Å²) in [7, 11) is 0. The monoisotopic (exact) mass is 324 g/mol. The zero-order valence-corrected chi connectivity index (χ0v) is 12.6. The summed E-state index contributed by atoms with van der Waals surface area (Å²) in [6.45, 7) is 3.75. The predicted octanol–water partition coefficient (Wildman–Crippen LogP) is 2.64. The summed E-state index contributed by atoms with van der Waals surface area (Å²) in [6.07, 6.45) is 2.76. The lowest BCUT2D eigenvalue weighted by atomic mass is 10.0. The van der Waals surface area contributed by atoms with E-state index in [1.165, 1.54) is 5.01 Å². The number of benzene rings is 1. The Kier molecular flexibility index (Phi) is 3.96. The fraction of sp³-hybridized carbons (Fsp3) is 0.357. The first-order valence-electron chi connectivity index (χ1n) is 6.31. The van der Waals surface area contributed by atoms with Gasteiger partial charge in [-0.3, -0.25) is 10.2 Å². The highest BCUT2D eigenvalue weighted by atomic mass is 79.9. The molecule has 2 rings (SSSR count). The Labute approximate surface area is 121 Å². The molecule has 0 radical (unpaired) electrons. The van der Waals surface area contributed by atoms with Gasteiger partial charge in [0.05, 0.1) is 0 Å². The minimum absolute atomic E-state index is 0.148. The lowest BCUT2D eigenvalue weighted by Crippen LogP contribution is -2.50. The Bertz CT molecular complexity index is 513. The number of carbonyl (C=O) groups is 1. The van der Waals surface area contributed by atoms with Gasteiger partial charge in [0.15, 0.2) is 0 Å². The molecule has 19 heavy (non-hydrogen) atoms. The molecule has 0 saturated carbocycles. The van der Waals surface area contributed by atoms with Gasteiger partial charge in [0.1, 0.15) is 0 Å². The van der Waals surface area contributed by atoms with E-state index < -0.39 is 5.72 Å². The van der Waals surface area contributed by atoms with Crippen LogP contribution in [0.5, 0.6) is 0 Å². The van der Waals surface area contributed by atoms with Gasteiger partial charge in [-0.15, -0.1) is 0 Å². The van der Waals surface area contributed by atoms with Gasteiger partial charge in [-0.05, 0) is 24.6 Å². The van der Waals surface area contributed by atoms with Crippen molar-refractivity contribution in [2.75, 3.05) is 0 Å². The van der Waals surface area contributed by atoms with Crippen LogP contribution in [0.15, 0.2) is 40.5 Å². The maximum absolute atomic E-state index is 12.0. The molecule has 1 aromatic carbocycles. The highest BCUT2D eigenvalue weighted by molar-refractivity contribution is 9.10. The van der Waals surface area contributed by atoms with Crippen LogP contribution < -0.4 is 5.43 Å². The number of carbonyl (C=O) groups excluding carboxylic acids is 1. The third-order valence-electron chi connectivity index (χ3n) is 3.17. The van der Waals surface area contributed by atoms with Crippen molar-refractivity contribution in [3.8, 4) is 0 Å². The van der Waals surface area contributed by atoms with Crippen molar-refractivity contribution in [2.24, 2.45) is 0 Å². The molecule has 1 aliphatic heterocycles. The second-order valence-electron chi connectivity index (χ2n) is 4.45. The molecule has 0 aliphatic carbocycles. The van der Waals surface area contributed by atoms with Crippen molar-refractivity contribution in [3.63, 3.8) is 0 Å². The van der Waals surface area contributed by atoms with Crippen LogP contribution in [0.2, 0.25) is 0 Å². The molecule has 1 aromatic rings. The molecule has 1 atom stereocenters. The average Bonchev–Trinajstić information content (AvgIpc) is 2.77. The van der Waals surface area contributed by atoms with Crippen molar-refractivity contribution >= 4 is 21.8 Å². The van der Waals surface area contributed by atoms with Gasteiger partial charge in [-0.1, -0.05) is 41.9 Å². The molecule has 5 heteroatoms. The Morgan fingerprint density at radius 1 is 1.37 bits per heavy atom. The topological polar surface area (TPSA) is 52.6 Å². The van der Waals surface area contributed by atoms with E-state index >= 15 is 0 Å². The predicted molar refractivity (Wildman–Crippen MR) is 76.7 cm³/mol. The van der Waals surface area contributed by atoms with E-state index in [-0.39, 0.29) is 5.91 Å². The summed E-state index contributed by atoms with van der Waals surface area (Å²) in [5, 5.41) is 12.2. The van der Waals surface area contributed by atoms with Crippen molar-refractivity contribution in [1.29, 1.82) is 0 Å². The molecule has 0 saturated heterocycles. The van der Waals surface area contributed by atoms with Crippen molar-refractivity contribution < 1.29 is 9.90 Å². The maximum Gasteiger partial charge on any atom is 0.243 e. The third kappa shape index (κ3) is 2.53. The number of allylic oxidation sites excluding steroid dienone is 1. The molecule has 0 fully saturated rings. The van der Waals surface area contributed by atoms with Crippen molar-refractivity contribution in [2.45, 2.75) is 32.4 Å². The standard InChI is InChI=1S/C14H17BrN2O2/c1-3-12-9-14(19,17(16-12)13(18)4-2)10-5-7-11(15)8-6-10/h5-9,16,19H,3-4H2,1-2H3. The molecule has 1 amide bonds. The van der Waals surface area contributed by atoms with Gasteiger partial charge in [0.2, 0.25) is 11.6 Å². The molecule has 0 aromatic heterocycles. The minimum Gasteiger partial charge on any atom is -0.362 e. The van der Waals surface area contributed by atoms with Gasteiger partial charge in [0.25, 0.3) is 0 Å². The second-order valence-corrected chi connectivity index (χ2v) is 5.37. The fourth-order valence-corrected chi connectivity index (χ4v) is 2.33. The number of halogens is 1. The maximum atomic E-state index is 12.0. The summed E-state index contributed by atoms with van der Waals surface area (Å²) in [4.78, 5) is 12.0. The van der Waals surface area contributed by atoms with Crippen molar-refractivity contribution in [1.82, 2.24) is 10.4 Å². The van der Waals surface area contributed by atoms with Crippen LogP contribution in [0.3, 0.4) is 0 Å². The molecular weight excluding hydrogens is 308 g/mol. The van der Waals surface area contributed by atoms with E-state index in [4.69, 9.17) is 0 Å². The van der Waals surface area contributed by atoms with Crippen LogP contribution in [0, 0.1) is 0 Å². The largest absolute Gasteiger partial charge is 0.362 e. The van der Waals surface area contributed by atoms with Gasteiger partial charge >= 0.3 is 0 Å². The van der Waals surface area contributed by atoms with Gasteiger partial charge < -0.3 is 5.11 Å². The third-order valence-corrected chi connectivity index (χ3v) is 3.70. The molecule has 0 bridgehead atoms. The highest BCUT2D eigenvalue weighted by Crippen LogP contribution is 2.33. The number of rotatable bonds is 3. The van der Waals surface area contributed by atoms with Crippen LogP contribution in [0.1, 0.15) is 32.3 Å². The van der Waals surface area contributed by atoms with Crippen LogP contribution in [0.4, 0.5) is 0 Å². The number of hydrazine groups is 1. The van der Waals surface area contributed by atoms with E-state index in [0.29, 0.717) is 12.0 Å². The number of hydrogen-bond acceptors (Lipinski definition) is 3. The van der Waals surface area contributed by atoms with Gasteiger partial charge in [-0.2, -0.15) is 0 Å². The summed E-state index contributed by atoms with van der Waals surface area (Å²) >= 11 is 3.36. The molecule has 1 heterocycles.